The van der Waals surface area contributed by atoms with Crippen molar-refractivity contribution in [2.24, 2.45) is 0 Å². The Labute approximate surface area is 761 Å². The third kappa shape index (κ3) is 20.5. The van der Waals surface area contributed by atoms with Crippen LogP contribution in [0.1, 0.15) is 220 Å². The number of thiophene rings is 6. The van der Waals surface area contributed by atoms with E-state index in [4.69, 9.17) is 0 Å². The van der Waals surface area contributed by atoms with Gasteiger partial charge >= 0.3 is 74.1 Å². The van der Waals surface area contributed by atoms with Crippen LogP contribution in [0.15, 0.2) is 146 Å². The van der Waals surface area contributed by atoms with Gasteiger partial charge in [0.05, 0.1) is 125 Å². The summed E-state index contributed by atoms with van der Waals surface area (Å²) in [5, 5.41) is 0. The molecule has 12 nitrogen and oxygen atoms in total. The monoisotopic (exact) mass is 2100 g/mol. The maximum absolute atomic E-state index is 13.3. The third-order valence-corrected chi connectivity index (χ3v) is 26.8. The standard InChI is InChI=1S/3C28H8F12O4S2/c3*29-25(30,31)11-1-9(2-12(5-11)26(32,33)34)19(41)17-7-15-21(43)22(44)16-8-18(46-24(16)23(15)45-17)20(42)10-3-13(27(35,36)37)6-14(4-10)28(38,39)40/h3*1-8H. The van der Waals surface area contributed by atoms with Gasteiger partial charge in [-0.05, 0) is 146 Å². The van der Waals surface area contributed by atoms with Gasteiger partial charge in [-0.2, -0.15) is 158 Å². The van der Waals surface area contributed by atoms with Crippen molar-refractivity contribution in [3.8, 4) is 29.3 Å². The van der Waals surface area contributed by atoms with Crippen molar-refractivity contribution in [3.05, 3.63) is 308 Å². The first kappa shape index (κ1) is 102. The molecule has 0 aliphatic heterocycles. The SMILES string of the molecule is O=C(c1cc(C(F)(F)F)cc(C(F)(F)F)c1)c1cc2c(s1)-c1sc(C(=O)c3cc(C(F)(F)F)cc(C(F)(F)F)c3)cc1C(=O)C2=O.O=C(c1cc(C(F)(F)F)cc(C(F)(F)F)c1)c1cc2c(s1)-c1sc(C(=O)c3cc(C(F)(F)F)cc(C(F)(F)F)c3)cc1C(=O)C2=O.O=C(c1cc(C(F)(F)F)cc(C(F)(F)F)c1)c1cc2c(s1)-c1sc(C(=O)c3cc(C(F)(F)F)cc(C(F)(F)F)c3)cc1C(=O)C2=O. The van der Waals surface area contributed by atoms with Crippen molar-refractivity contribution in [1.29, 1.82) is 0 Å². The van der Waals surface area contributed by atoms with E-state index < -0.39 is 306 Å². The fourth-order valence-corrected chi connectivity index (χ4v) is 20.3. The van der Waals surface area contributed by atoms with Gasteiger partial charge in [0.15, 0.2) is 0 Å². The molecule has 0 N–H and O–H groups in total. The van der Waals surface area contributed by atoms with Crippen molar-refractivity contribution in [1.82, 2.24) is 0 Å². The average Bonchev–Trinajstić information content (AvgIpc) is 1.59. The second kappa shape index (κ2) is 34.6. The van der Waals surface area contributed by atoms with Crippen molar-refractivity contribution < 1.29 is 216 Å². The lowest BCUT2D eigenvalue weighted by Crippen LogP contribution is -2.18. The number of ketones is 12. The lowest BCUT2D eigenvalue weighted by atomic mass is 9.93. The van der Waals surface area contributed by atoms with Gasteiger partial charge in [-0.3, -0.25) is 57.5 Å². The number of fused-ring (bicyclic) bond motifs is 9. The predicted octanol–water partition coefficient (Wildman–Crippen LogP) is 28.2. The molecule has 6 aromatic carbocycles. The topological polar surface area (TPSA) is 205 Å². The lowest BCUT2D eigenvalue weighted by molar-refractivity contribution is -0.144. The third-order valence-electron chi connectivity index (χ3n) is 19.5. The fraction of sp³-hybridized carbons (Fsp3) is 0.143. The molecule has 0 unspecified atom stereocenters. The first-order valence-corrected chi connectivity index (χ1v) is 41.0. The Morgan fingerprint density at radius 2 is 0.232 bits per heavy atom. The van der Waals surface area contributed by atoms with Crippen LogP contribution in [0.3, 0.4) is 0 Å². The average molecular weight is 2100 g/mol. The summed E-state index contributed by atoms with van der Waals surface area (Å²) in [4.78, 5) is 150. The van der Waals surface area contributed by atoms with Gasteiger partial charge in [-0.15, -0.1) is 68.0 Å². The van der Waals surface area contributed by atoms with Crippen LogP contribution in [0.2, 0.25) is 0 Å². The Morgan fingerprint density at radius 3 is 0.312 bits per heavy atom. The number of rotatable bonds is 12. The van der Waals surface area contributed by atoms with Crippen LogP contribution >= 0.6 is 68.0 Å². The molecule has 6 aromatic heterocycles. The largest absolute Gasteiger partial charge is 0.416 e. The number of hydrogen-bond acceptors (Lipinski definition) is 18. The van der Waals surface area contributed by atoms with Crippen LogP contribution in [0.4, 0.5) is 158 Å². The number of carbonyl (C=O) groups is 12. The van der Waals surface area contributed by atoms with E-state index in [1.807, 2.05) is 0 Å². The molecule has 720 valence electrons. The molecule has 12 aromatic rings. The van der Waals surface area contributed by atoms with E-state index in [1.165, 1.54) is 0 Å². The molecule has 0 fully saturated rings. The highest BCUT2D eigenvalue weighted by Crippen LogP contribution is 2.53. The maximum atomic E-state index is 13.3. The first-order valence-electron chi connectivity index (χ1n) is 36.1. The molecule has 0 saturated heterocycles. The molecular formula is C84H24F36O12S6. The molecule has 0 radical (unpaired) electrons. The summed E-state index contributed by atoms with van der Waals surface area (Å²) in [6, 6.07) is 5.09. The molecule has 3 aliphatic carbocycles. The molecule has 0 atom stereocenters. The maximum Gasteiger partial charge on any atom is 0.416 e. The number of alkyl halides is 36. The summed E-state index contributed by atoms with van der Waals surface area (Å²) in [7, 11) is 0. The molecule has 0 amide bonds. The highest BCUT2D eigenvalue weighted by molar-refractivity contribution is 7.26. The normalized spacial score (nSPS) is 13.9. The van der Waals surface area contributed by atoms with Crippen LogP contribution in [0.25, 0.3) is 29.3 Å². The molecule has 54 heteroatoms. The molecule has 0 spiro atoms. The van der Waals surface area contributed by atoms with Gasteiger partial charge in [0.2, 0.25) is 69.4 Å². The minimum Gasteiger partial charge on any atom is -0.288 e. The second-order valence-corrected chi connectivity index (χ2v) is 35.2. The van der Waals surface area contributed by atoms with Gasteiger partial charge in [-0.1, -0.05) is 0 Å². The lowest BCUT2D eigenvalue weighted by Gasteiger charge is -2.13. The van der Waals surface area contributed by atoms with Gasteiger partial charge in [0, 0.05) is 66.8 Å². The first-order chi connectivity index (χ1) is 62.9. The summed E-state index contributed by atoms with van der Waals surface area (Å²) < 4.78 is 479. The Hall–Kier alpha value is -13.0. The van der Waals surface area contributed by atoms with Crippen molar-refractivity contribution in [2.45, 2.75) is 74.1 Å². The van der Waals surface area contributed by atoms with E-state index in [9.17, 15) is 216 Å². The zero-order valence-electron chi connectivity index (χ0n) is 64.8. The Morgan fingerprint density at radius 1 is 0.145 bits per heavy atom. The number of Topliss-reactive ketones (excluding diaryl/α,β-unsaturated/α-hetero) is 6. The smallest absolute Gasteiger partial charge is 0.288 e. The van der Waals surface area contributed by atoms with E-state index in [0.717, 1.165) is 36.4 Å². The zero-order valence-corrected chi connectivity index (χ0v) is 69.7. The van der Waals surface area contributed by atoms with Crippen LogP contribution in [0.5, 0.6) is 0 Å². The van der Waals surface area contributed by atoms with Crippen LogP contribution < -0.4 is 0 Å². The summed E-state index contributed by atoms with van der Waals surface area (Å²) in [6.45, 7) is 0. The highest BCUT2D eigenvalue weighted by Gasteiger charge is 2.49. The van der Waals surface area contributed by atoms with Crippen LogP contribution in [-0.2, 0) is 74.1 Å². The number of carbonyl (C=O) groups excluding carboxylic acids is 12. The fourth-order valence-electron chi connectivity index (χ4n) is 13.1. The zero-order chi connectivity index (χ0) is 103. The van der Waals surface area contributed by atoms with E-state index >= 15 is 0 Å². The van der Waals surface area contributed by atoms with Gasteiger partial charge in [0.1, 0.15) is 0 Å². The minimum atomic E-state index is -5.29. The molecule has 138 heavy (non-hydrogen) atoms. The van der Waals surface area contributed by atoms with Crippen LogP contribution in [-0.4, -0.2) is 69.4 Å². The van der Waals surface area contributed by atoms with Crippen molar-refractivity contribution in [2.75, 3.05) is 0 Å². The summed E-state index contributed by atoms with van der Waals surface area (Å²) in [5.41, 5.74) is -31.0. The van der Waals surface area contributed by atoms with Gasteiger partial charge in [-0.25, -0.2) is 0 Å². The molecule has 0 saturated carbocycles. The molecule has 6 heterocycles. The van der Waals surface area contributed by atoms with Crippen LogP contribution in [0, 0.1) is 0 Å². The number of benzene rings is 6. The molecule has 0 bridgehead atoms. The van der Waals surface area contributed by atoms with Crippen molar-refractivity contribution >= 4 is 137 Å². The van der Waals surface area contributed by atoms with Gasteiger partial charge in [0.25, 0.3) is 0 Å². The quantitative estimate of drug-likeness (QED) is 0.0636. The molecular weight excluding hydrogens is 2080 g/mol. The predicted molar refractivity (Wildman–Crippen MR) is 408 cm³/mol. The molecule has 3 aliphatic rings. The number of hydrogen-bond donors (Lipinski definition) is 0. The van der Waals surface area contributed by atoms with E-state index in [1.54, 1.807) is 0 Å². The van der Waals surface area contributed by atoms with E-state index in [0.29, 0.717) is 68.0 Å². The van der Waals surface area contributed by atoms with Crippen molar-refractivity contribution in [3.63, 3.8) is 0 Å². The Balaban J connectivity index is 0.000000175. The highest BCUT2D eigenvalue weighted by atomic mass is 32.1. The second-order valence-electron chi connectivity index (χ2n) is 28.8. The summed E-state index contributed by atoms with van der Waals surface area (Å²) in [6.07, 6.45) is -63.5. The summed E-state index contributed by atoms with van der Waals surface area (Å²) in [5.74, 6) is -16.2. The Kier molecular flexibility index (Phi) is 25.7. The van der Waals surface area contributed by atoms with E-state index in [-0.39, 0.29) is 138 Å². The molecule has 15 rings (SSSR count). The van der Waals surface area contributed by atoms with E-state index in [2.05, 4.69) is 0 Å². The number of halogens is 36. The summed E-state index contributed by atoms with van der Waals surface area (Å²) >= 11 is 2.17. The van der Waals surface area contributed by atoms with Gasteiger partial charge < -0.3 is 0 Å². The Bertz CT molecular complexity index is 5970. The minimum absolute atomic E-state index is 0.154.